The van der Waals surface area contributed by atoms with Crippen LogP contribution in [0.15, 0.2) is 48.6 Å². The summed E-state index contributed by atoms with van der Waals surface area (Å²) in [4.78, 5) is 0. The second-order valence-electron chi connectivity index (χ2n) is 5.86. The van der Waals surface area contributed by atoms with Gasteiger partial charge in [-0.15, -0.1) is 0 Å². The quantitative estimate of drug-likeness (QED) is 0.635. The Labute approximate surface area is 138 Å². The summed E-state index contributed by atoms with van der Waals surface area (Å²) in [6.45, 7) is 0. The summed E-state index contributed by atoms with van der Waals surface area (Å²) in [6, 6.07) is 10.7. The highest BCUT2D eigenvalue weighted by Gasteiger charge is 2.38. The molecule has 0 bridgehead atoms. The summed E-state index contributed by atoms with van der Waals surface area (Å²) < 4.78 is 13.6. The highest BCUT2D eigenvalue weighted by atomic mass is 35.5. The van der Waals surface area contributed by atoms with E-state index in [1.807, 2.05) is 18.2 Å². The molecule has 1 N–H and O–H groups in total. The van der Waals surface area contributed by atoms with E-state index in [9.17, 15) is 4.39 Å². The van der Waals surface area contributed by atoms with E-state index in [4.69, 9.17) is 23.2 Å². The Morgan fingerprint density at radius 3 is 2.82 bits per heavy atom. The molecule has 1 heterocycles. The van der Waals surface area contributed by atoms with Crippen LogP contribution in [-0.4, -0.2) is 0 Å². The number of halogens is 3. The number of nitrogens with one attached hydrogen (secondary N) is 1. The summed E-state index contributed by atoms with van der Waals surface area (Å²) in [7, 11) is 0. The number of rotatable bonds is 1. The Morgan fingerprint density at radius 1 is 1.14 bits per heavy atom. The van der Waals surface area contributed by atoms with Crippen molar-refractivity contribution in [1.29, 1.82) is 0 Å². The van der Waals surface area contributed by atoms with Gasteiger partial charge in [0.25, 0.3) is 0 Å². The van der Waals surface area contributed by atoms with Crippen LogP contribution in [0.4, 0.5) is 10.1 Å². The monoisotopic (exact) mass is 333 g/mol. The van der Waals surface area contributed by atoms with E-state index in [1.54, 1.807) is 12.1 Å². The van der Waals surface area contributed by atoms with Gasteiger partial charge < -0.3 is 5.32 Å². The van der Waals surface area contributed by atoms with Crippen molar-refractivity contribution >= 4 is 28.9 Å². The van der Waals surface area contributed by atoms with Gasteiger partial charge in [-0.1, -0.05) is 53.6 Å². The third-order valence-corrected chi connectivity index (χ3v) is 5.44. The van der Waals surface area contributed by atoms with Crippen molar-refractivity contribution in [2.75, 3.05) is 5.32 Å². The highest BCUT2D eigenvalue weighted by Crippen LogP contribution is 2.52. The lowest BCUT2D eigenvalue weighted by Gasteiger charge is -2.38. The molecule has 0 unspecified atom stereocenters. The van der Waals surface area contributed by atoms with Crippen LogP contribution in [0.1, 0.15) is 29.5 Å². The Kier molecular flexibility index (Phi) is 3.39. The number of hydrogen-bond acceptors (Lipinski definition) is 1. The van der Waals surface area contributed by atoms with Crippen LogP contribution >= 0.6 is 23.2 Å². The van der Waals surface area contributed by atoms with Crippen molar-refractivity contribution in [2.24, 2.45) is 5.92 Å². The minimum absolute atomic E-state index is 0.0270. The first-order chi connectivity index (χ1) is 10.6. The molecule has 0 saturated heterocycles. The van der Waals surface area contributed by atoms with Crippen LogP contribution in [0.5, 0.6) is 0 Å². The minimum atomic E-state index is -0.218. The zero-order chi connectivity index (χ0) is 15.3. The van der Waals surface area contributed by atoms with Crippen LogP contribution < -0.4 is 5.32 Å². The van der Waals surface area contributed by atoms with Crippen molar-refractivity contribution in [2.45, 2.75) is 18.4 Å². The molecule has 3 atom stereocenters. The molecular formula is C18H14Cl2FN. The summed E-state index contributed by atoms with van der Waals surface area (Å²) in [5, 5.41) is 4.57. The fraction of sp³-hybridized carbons (Fsp3) is 0.222. The predicted molar refractivity (Wildman–Crippen MR) is 89.2 cm³/mol. The van der Waals surface area contributed by atoms with Crippen molar-refractivity contribution < 1.29 is 4.39 Å². The molecule has 1 aliphatic carbocycles. The van der Waals surface area contributed by atoms with Crippen molar-refractivity contribution in [1.82, 2.24) is 0 Å². The van der Waals surface area contributed by atoms with Crippen LogP contribution in [0.2, 0.25) is 10.0 Å². The number of fused-ring (bicyclic) bond motifs is 3. The lowest BCUT2D eigenvalue weighted by Crippen LogP contribution is -2.29. The van der Waals surface area contributed by atoms with E-state index in [0.717, 1.165) is 17.7 Å². The molecule has 112 valence electrons. The van der Waals surface area contributed by atoms with Crippen LogP contribution in [0.3, 0.4) is 0 Å². The Bertz CT molecular complexity index is 772. The number of anilines is 1. The van der Waals surface area contributed by atoms with Gasteiger partial charge in [0.1, 0.15) is 5.82 Å². The molecule has 0 spiro atoms. The topological polar surface area (TPSA) is 12.0 Å². The second kappa shape index (κ2) is 5.29. The van der Waals surface area contributed by atoms with Crippen molar-refractivity contribution in [3.63, 3.8) is 0 Å². The Balaban J connectivity index is 1.84. The first-order valence-electron chi connectivity index (χ1n) is 7.31. The summed E-state index contributed by atoms with van der Waals surface area (Å²) in [6.07, 6.45) is 5.39. The number of allylic oxidation sites excluding steroid dienone is 2. The van der Waals surface area contributed by atoms with Crippen LogP contribution in [0, 0.1) is 11.7 Å². The molecule has 4 rings (SSSR count). The number of hydrogen-bond donors (Lipinski definition) is 1. The molecule has 4 heteroatoms. The molecular weight excluding hydrogens is 320 g/mol. The van der Waals surface area contributed by atoms with E-state index >= 15 is 0 Å². The third-order valence-electron chi connectivity index (χ3n) is 4.63. The molecule has 0 radical (unpaired) electrons. The average molecular weight is 334 g/mol. The first-order valence-corrected chi connectivity index (χ1v) is 8.07. The maximum absolute atomic E-state index is 13.6. The SMILES string of the molecule is Fc1cccc([C@@H]2Nc3c(ccc(Cl)c3Cl)[C@@H]3C=CC[C@@H]32)c1. The van der Waals surface area contributed by atoms with Gasteiger partial charge in [0.2, 0.25) is 0 Å². The first kappa shape index (κ1) is 14.1. The van der Waals surface area contributed by atoms with Crippen LogP contribution in [-0.2, 0) is 0 Å². The smallest absolute Gasteiger partial charge is 0.123 e. The molecule has 0 saturated carbocycles. The Hall–Kier alpha value is -1.51. The minimum Gasteiger partial charge on any atom is -0.376 e. The van der Waals surface area contributed by atoms with Gasteiger partial charge in [0.05, 0.1) is 21.8 Å². The fourth-order valence-corrected chi connectivity index (χ4v) is 4.02. The summed E-state index contributed by atoms with van der Waals surface area (Å²) >= 11 is 12.6. The van der Waals surface area contributed by atoms with E-state index in [2.05, 4.69) is 17.5 Å². The van der Waals surface area contributed by atoms with Crippen LogP contribution in [0.25, 0.3) is 0 Å². The van der Waals surface area contributed by atoms with E-state index < -0.39 is 0 Å². The largest absolute Gasteiger partial charge is 0.376 e. The van der Waals surface area contributed by atoms with Gasteiger partial charge in [0, 0.05) is 5.92 Å². The zero-order valence-corrected chi connectivity index (χ0v) is 13.2. The lowest BCUT2D eigenvalue weighted by molar-refractivity contribution is 0.424. The van der Waals surface area contributed by atoms with E-state index in [1.165, 1.54) is 11.6 Å². The molecule has 0 fully saturated rings. The predicted octanol–water partition coefficient (Wildman–Crippen LogP) is 5.96. The lowest BCUT2D eigenvalue weighted by atomic mass is 9.77. The molecule has 2 aromatic carbocycles. The standard InChI is InChI=1S/C18H14Cl2FN/c19-15-8-7-14-12-5-2-6-13(12)17(22-18(14)16(15)20)10-3-1-4-11(21)9-10/h1-5,7-9,12-13,17,22H,6H2/t12-,13+,17+/m1/s1. The van der Waals surface area contributed by atoms with Gasteiger partial charge in [-0.25, -0.2) is 4.39 Å². The summed E-state index contributed by atoms with van der Waals surface area (Å²) in [5.41, 5.74) is 2.98. The third kappa shape index (κ3) is 2.13. The highest BCUT2D eigenvalue weighted by molar-refractivity contribution is 6.43. The molecule has 0 amide bonds. The molecule has 2 aromatic rings. The summed E-state index contributed by atoms with van der Waals surface area (Å²) in [5.74, 6) is 0.440. The Morgan fingerprint density at radius 2 is 2.00 bits per heavy atom. The zero-order valence-electron chi connectivity index (χ0n) is 11.7. The van der Waals surface area contributed by atoms with Gasteiger partial charge in [-0.2, -0.15) is 0 Å². The normalized spacial score (nSPS) is 25.5. The molecule has 0 aromatic heterocycles. The fourth-order valence-electron chi connectivity index (χ4n) is 3.63. The number of benzene rings is 2. The average Bonchev–Trinajstić information content (AvgIpc) is 3.00. The van der Waals surface area contributed by atoms with Gasteiger partial charge in [-0.05, 0) is 41.7 Å². The molecule has 1 aliphatic heterocycles. The van der Waals surface area contributed by atoms with E-state index in [0.29, 0.717) is 21.9 Å². The maximum atomic E-state index is 13.6. The van der Waals surface area contributed by atoms with Gasteiger partial charge >= 0.3 is 0 Å². The van der Waals surface area contributed by atoms with E-state index in [-0.39, 0.29) is 11.9 Å². The van der Waals surface area contributed by atoms with Gasteiger partial charge in [-0.3, -0.25) is 0 Å². The second-order valence-corrected chi connectivity index (χ2v) is 6.64. The molecule has 22 heavy (non-hydrogen) atoms. The maximum Gasteiger partial charge on any atom is 0.123 e. The van der Waals surface area contributed by atoms with Crippen molar-refractivity contribution in [3.05, 3.63) is 75.5 Å². The molecule has 2 aliphatic rings. The van der Waals surface area contributed by atoms with Crippen molar-refractivity contribution in [3.8, 4) is 0 Å². The molecule has 1 nitrogen and oxygen atoms in total. The van der Waals surface area contributed by atoms with Gasteiger partial charge in [0.15, 0.2) is 0 Å².